The van der Waals surface area contributed by atoms with Gasteiger partial charge in [-0.1, -0.05) is 30.3 Å². The number of phenols is 1. The van der Waals surface area contributed by atoms with Gasteiger partial charge in [0, 0.05) is 16.3 Å². The summed E-state index contributed by atoms with van der Waals surface area (Å²) in [5.74, 6) is 0.293. The highest BCUT2D eigenvalue weighted by atomic mass is 16.3. The molecule has 0 radical (unpaired) electrons. The highest BCUT2D eigenvalue weighted by molar-refractivity contribution is 6.24. The summed E-state index contributed by atoms with van der Waals surface area (Å²) in [6.45, 7) is 0. The number of hydrogen-bond donors (Lipinski definition) is 1. The molecular weight excluding hydrogens is 236 g/mol. The van der Waals surface area contributed by atoms with Crippen LogP contribution >= 0.6 is 0 Å². The molecule has 0 unspecified atom stereocenters. The van der Waals surface area contributed by atoms with E-state index in [1.807, 2.05) is 42.5 Å². The molecule has 0 saturated heterocycles. The van der Waals surface area contributed by atoms with Crippen molar-refractivity contribution >= 4 is 38.6 Å². The van der Waals surface area contributed by atoms with Crippen molar-refractivity contribution in [1.82, 2.24) is 0 Å². The molecule has 0 aliphatic carbocycles. The zero-order chi connectivity index (χ0) is 13.0. The maximum atomic E-state index is 11.0. The van der Waals surface area contributed by atoms with Crippen molar-refractivity contribution in [2.75, 3.05) is 0 Å². The highest BCUT2D eigenvalue weighted by Gasteiger charge is 2.11. The van der Waals surface area contributed by atoms with Crippen LogP contribution in [0.25, 0.3) is 32.3 Å². The van der Waals surface area contributed by atoms with Crippen LogP contribution in [0.4, 0.5) is 0 Å². The fourth-order valence-corrected chi connectivity index (χ4v) is 2.90. The van der Waals surface area contributed by atoms with Gasteiger partial charge in [0.05, 0.1) is 0 Å². The lowest BCUT2D eigenvalue weighted by Gasteiger charge is -2.11. The second-order valence-electron chi connectivity index (χ2n) is 4.82. The number of phenolic OH excluding ortho intramolecular Hbond substituents is 1. The molecule has 2 heteroatoms. The number of aromatic hydroxyl groups is 1. The van der Waals surface area contributed by atoms with E-state index < -0.39 is 0 Å². The minimum Gasteiger partial charge on any atom is -0.507 e. The first-order valence-electron chi connectivity index (χ1n) is 6.13. The summed E-state index contributed by atoms with van der Waals surface area (Å²) < 4.78 is 0. The molecule has 0 aliphatic heterocycles. The smallest absolute Gasteiger partial charge is 0.150 e. The van der Waals surface area contributed by atoms with Crippen LogP contribution in [-0.4, -0.2) is 11.4 Å². The summed E-state index contributed by atoms with van der Waals surface area (Å²) in [5, 5.41) is 16.2. The first-order chi connectivity index (χ1) is 9.28. The van der Waals surface area contributed by atoms with Gasteiger partial charge in [-0.2, -0.15) is 0 Å². The summed E-state index contributed by atoms with van der Waals surface area (Å²) in [4.78, 5) is 11.0. The number of hydrogen-bond acceptors (Lipinski definition) is 2. The van der Waals surface area contributed by atoms with Crippen LogP contribution in [0, 0.1) is 0 Å². The minimum absolute atomic E-state index is 0.293. The Labute approximate surface area is 109 Å². The Kier molecular flexibility index (Phi) is 1.88. The maximum Gasteiger partial charge on any atom is 0.150 e. The molecule has 4 aromatic carbocycles. The van der Waals surface area contributed by atoms with E-state index in [-0.39, 0.29) is 0 Å². The van der Waals surface area contributed by atoms with E-state index in [0.29, 0.717) is 11.3 Å². The van der Waals surface area contributed by atoms with Gasteiger partial charge in [0.2, 0.25) is 0 Å². The molecule has 0 aliphatic rings. The molecular formula is C17H10O2. The van der Waals surface area contributed by atoms with Crippen LogP contribution in [0.3, 0.4) is 0 Å². The first kappa shape index (κ1) is 10.3. The van der Waals surface area contributed by atoms with Gasteiger partial charge < -0.3 is 5.11 Å². The third kappa shape index (κ3) is 1.28. The summed E-state index contributed by atoms with van der Waals surface area (Å²) in [5.41, 5.74) is 0.676. The van der Waals surface area contributed by atoms with Crippen LogP contribution in [0.15, 0.2) is 48.5 Å². The first-order valence-corrected chi connectivity index (χ1v) is 6.13. The zero-order valence-electron chi connectivity index (χ0n) is 10.1. The molecule has 2 nitrogen and oxygen atoms in total. The standard InChI is InChI=1S/C17H10O2/c18-9-10-7-12-2-1-11-4-6-15(19)14-5-3-13(8-10)16(12)17(11)14/h1-9,19H. The average molecular weight is 246 g/mol. The molecule has 0 spiro atoms. The predicted octanol–water partition coefficient (Wildman–Crippen LogP) is 4.10. The number of rotatable bonds is 1. The van der Waals surface area contributed by atoms with E-state index in [4.69, 9.17) is 0 Å². The van der Waals surface area contributed by atoms with Gasteiger partial charge in [-0.25, -0.2) is 0 Å². The van der Waals surface area contributed by atoms with Gasteiger partial charge in [0.1, 0.15) is 12.0 Å². The van der Waals surface area contributed by atoms with Crippen LogP contribution in [-0.2, 0) is 0 Å². The van der Waals surface area contributed by atoms with E-state index >= 15 is 0 Å². The van der Waals surface area contributed by atoms with Crippen molar-refractivity contribution in [3.8, 4) is 5.75 Å². The molecule has 4 aromatic rings. The van der Waals surface area contributed by atoms with E-state index in [9.17, 15) is 9.90 Å². The lowest BCUT2D eigenvalue weighted by Crippen LogP contribution is -1.87. The molecule has 1 N–H and O–H groups in total. The van der Waals surface area contributed by atoms with Crippen LogP contribution < -0.4 is 0 Å². The van der Waals surface area contributed by atoms with Crippen molar-refractivity contribution in [1.29, 1.82) is 0 Å². The monoisotopic (exact) mass is 246 g/mol. The second-order valence-corrected chi connectivity index (χ2v) is 4.82. The van der Waals surface area contributed by atoms with Gasteiger partial charge in [-0.3, -0.25) is 4.79 Å². The summed E-state index contributed by atoms with van der Waals surface area (Å²) in [6.07, 6.45) is 0.867. The molecule has 0 fully saturated rings. The lowest BCUT2D eigenvalue weighted by atomic mass is 9.93. The van der Waals surface area contributed by atoms with Crippen molar-refractivity contribution in [3.63, 3.8) is 0 Å². The van der Waals surface area contributed by atoms with Gasteiger partial charge >= 0.3 is 0 Å². The van der Waals surface area contributed by atoms with E-state index in [2.05, 4.69) is 0 Å². The maximum absolute atomic E-state index is 11.0. The Morgan fingerprint density at radius 1 is 0.789 bits per heavy atom. The number of carbonyl (C=O) groups is 1. The zero-order valence-corrected chi connectivity index (χ0v) is 10.1. The molecule has 90 valence electrons. The molecule has 0 heterocycles. The van der Waals surface area contributed by atoms with Crippen LogP contribution in [0.1, 0.15) is 10.4 Å². The van der Waals surface area contributed by atoms with Crippen molar-refractivity contribution in [2.45, 2.75) is 0 Å². The van der Waals surface area contributed by atoms with Gasteiger partial charge in [0.15, 0.2) is 0 Å². The molecule has 4 rings (SSSR count). The van der Waals surface area contributed by atoms with Crippen LogP contribution in [0.2, 0.25) is 0 Å². The van der Waals surface area contributed by atoms with Gasteiger partial charge in [-0.05, 0) is 39.7 Å². The Balaban J connectivity index is 2.38. The largest absolute Gasteiger partial charge is 0.507 e. The molecule has 19 heavy (non-hydrogen) atoms. The van der Waals surface area contributed by atoms with E-state index in [0.717, 1.165) is 38.6 Å². The fraction of sp³-hybridized carbons (Fsp3) is 0. The molecule has 0 saturated carbocycles. The number of benzene rings is 4. The van der Waals surface area contributed by atoms with Crippen molar-refractivity contribution in [2.24, 2.45) is 0 Å². The Hall–Kier alpha value is -2.61. The number of carbonyl (C=O) groups excluding carboxylic acids is 1. The summed E-state index contributed by atoms with van der Waals surface area (Å²) in [7, 11) is 0. The highest BCUT2D eigenvalue weighted by Crippen LogP contribution is 2.38. The summed E-state index contributed by atoms with van der Waals surface area (Å²) in [6, 6.07) is 15.3. The normalized spacial score (nSPS) is 11.6. The Morgan fingerprint density at radius 2 is 1.42 bits per heavy atom. The topological polar surface area (TPSA) is 37.3 Å². The average Bonchev–Trinajstić information content (AvgIpc) is 2.46. The fourth-order valence-electron chi connectivity index (χ4n) is 2.90. The third-order valence-corrected chi connectivity index (χ3v) is 3.73. The Bertz CT molecular complexity index is 919. The number of aldehydes is 1. The predicted molar refractivity (Wildman–Crippen MR) is 77.2 cm³/mol. The third-order valence-electron chi connectivity index (χ3n) is 3.73. The molecule has 0 amide bonds. The molecule has 0 atom stereocenters. The van der Waals surface area contributed by atoms with Crippen molar-refractivity contribution in [3.05, 3.63) is 54.1 Å². The Morgan fingerprint density at radius 3 is 2.16 bits per heavy atom. The van der Waals surface area contributed by atoms with Gasteiger partial charge in [0.25, 0.3) is 0 Å². The SMILES string of the molecule is O=Cc1cc2ccc3ccc(O)c4ccc(c1)c2c34. The minimum atomic E-state index is 0.293. The molecule has 0 bridgehead atoms. The molecule has 0 aromatic heterocycles. The van der Waals surface area contributed by atoms with E-state index in [1.54, 1.807) is 6.07 Å². The van der Waals surface area contributed by atoms with E-state index in [1.165, 1.54) is 0 Å². The van der Waals surface area contributed by atoms with Crippen molar-refractivity contribution < 1.29 is 9.90 Å². The van der Waals surface area contributed by atoms with Gasteiger partial charge in [-0.15, -0.1) is 0 Å². The lowest BCUT2D eigenvalue weighted by molar-refractivity contribution is 0.112. The van der Waals surface area contributed by atoms with Crippen LogP contribution in [0.5, 0.6) is 5.75 Å². The second kappa shape index (κ2) is 3.45. The summed E-state index contributed by atoms with van der Waals surface area (Å²) >= 11 is 0. The quantitative estimate of drug-likeness (QED) is 0.405.